The molecule has 0 aromatic rings. The van der Waals surface area contributed by atoms with Crippen LogP contribution in [0.4, 0.5) is 0 Å². The van der Waals surface area contributed by atoms with Gasteiger partial charge in [0.15, 0.2) is 19.3 Å². The van der Waals surface area contributed by atoms with Gasteiger partial charge in [0.25, 0.3) is 0 Å². The molecule has 1 radical (unpaired) electrons. The van der Waals surface area contributed by atoms with Gasteiger partial charge >= 0.3 is 34.7 Å². The van der Waals surface area contributed by atoms with E-state index in [0.29, 0.717) is 34.7 Å². The van der Waals surface area contributed by atoms with E-state index in [1.54, 1.807) is 0 Å². The van der Waals surface area contributed by atoms with Crippen molar-refractivity contribution in [2.24, 2.45) is 32.5 Å². The largest absolute Gasteiger partial charge is 0.311 e. The summed E-state index contributed by atoms with van der Waals surface area (Å²) in [6.45, 7) is 34.7. The van der Waals surface area contributed by atoms with E-state index in [4.69, 9.17) is 0 Å². The Morgan fingerprint density at radius 2 is 0.350 bits per heavy atom. The minimum atomic E-state index is -0.251. The normalized spacial score (nSPS) is 12.4. The van der Waals surface area contributed by atoms with Gasteiger partial charge in [-0.05, 0) is 125 Å². The Kier molecular flexibility index (Phi) is 19.8. The van der Waals surface area contributed by atoms with E-state index in [9.17, 15) is 28.8 Å². The molecule has 0 fully saturated rings. The average Bonchev–Trinajstić information content (AvgIpc) is 2.64. The van der Waals surface area contributed by atoms with Crippen molar-refractivity contribution in [2.45, 2.75) is 144 Å². The second-order valence-corrected chi connectivity index (χ2v) is 16.7. The summed E-state index contributed by atoms with van der Waals surface area (Å²) in [5.41, 5.74) is -1.50. The van der Waals surface area contributed by atoms with Crippen LogP contribution < -0.4 is 0 Å². The second-order valence-electron chi connectivity index (χ2n) is 16.7. The zero-order valence-electron chi connectivity index (χ0n) is 29.2. The van der Waals surface area contributed by atoms with E-state index >= 15 is 0 Å². The fourth-order valence-electron chi connectivity index (χ4n) is 2.07. The monoisotopic (exact) mass is 711 g/mol. The van der Waals surface area contributed by atoms with Crippen LogP contribution in [0.5, 0.6) is 0 Å². The maximum atomic E-state index is 9.66. The average molecular weight is 711 g/mol. The van der Waals surface area contributed by atoms with Crippen LogP contribution >= 0.6 is 0 Å². The molecule has 0 rings (SSSR count). The number of carbonyl (C=O) groups excluding carboxylic acids is 6. The molecule has 0 saturated heterocycles. The van der Waals surface area contributed by atoms with Crippen LogP contribution in [-0.4, -0.2) is 63.5 Å². The Morgan fingerprint density at radius 3 is 0.400 bits per heavy atom. The van der Waals surface area contributed by atoms with Crippen LogP contribution in [0.2, 0.25) is 0 Å². The van der Waals surface area contributed by atoms with Crippen molar-refractivity contribution in [3.05, 3.63) is 0 Å². The third-order valence-corrected chi connectivity index (χ3v) is 6.20. The van der Waals surface area contributed by atoms with Gasteiger partial charge in [-0.3, -0.25) is 28.8 Å². The molecule has 0 aliphatic heterocycles. The van der Waals surface area contributed by atoms with Crippen molar-refractivity contribution < 1.29 is 78.1 Å². The first-order valence-corrected chi connectivity index (χ1v) is 14.0. The van der Waals surface area contributed by atoms with Gasteiger partial charge in [0.1, 0.15) is 0 Å². The first-order valence-electron chi connectivity index (χ1n) is 14.0. The molecule has 0 amide bonds. The summed E-state index contributed by atoms with van der Waals surface area (Å²) >= 11 is 0. The zero-order chi connectivity index (χ0) is 32.6. The van der Waals surface area contributed by atoms with Gasteiger partial charge in [-0.15, -0.1) is 0 Å². The van der Waals surface area contributed by atoms with Gasteiger partial charge in [-0.25, -0.2) is 0 Å². The summed E-state index contributed by atoms with van der Waals surface area (Å²) in [6.07, 6.45) is 0.854. The minimum absolute atomic E-state index is 0. The molecular weight excluding hydrogens is 644 g/mol. The first-order chi connectivity index (χ1) is 16.6. The van der Waals surface area contributed by atoms with Crippen molar-refractivity contribution in [1.29, 1.82) is 0 Å². The number of ketones is 6. The van der Waals surface area contributed by atoms with Gasteiger partial charge in [0.2, 0.25) is 0 Å². The topological polar surface area (TPSA) is 128 Å². The van der Waals surface area contributed by atoms with Gasteiger partial charge in [-0.2, -0.15) is 0 Å². The quantitative estimate of drug-likeness (QED) is 0.198. The molecule has 6 nitrogen and oxygen atoms in total. The maximum Gasteiger partial charge on any atom is 0.311 e. The molecule has 0 heterocycles. The Balaban J connectivity index is -0.000000240. The van der Waals surface area contributed by atoms with E-state index < -0.39 is 0 Å². The molecule has 7 heteroatoms. The van der Waals surface area contributed by atoms with Crippen LogP contribution in [0.3, 0.4) is 0 Å². The van der Waals surface area contributed by atoms with Gasteiger partial charge in [-0.1, -0.05) is 0 Å². The van der Waals surface area contributed by atoms with Crippen molar-refractivity contribution in [3.63, 3.8) is 0 Å². The van der Waals surface area contributed by atoms with Crippen molar-refractivity contribution in [1.82, 2.24) is 0 Å². The Labute approximate surface area is 286 Å². The summed E-state index contributed by atoms with van der Waals surface area (Å²) in [6, 6.07) is 0. The molecule has 0 aromatic heterocycles. The Bertz CT molecular complexity index is 693. The van der Waals surface area contributed by atoms with Crippen LogP contribution in [0, 0.1) is 81.9 Å². The molecule has 0 aromatic carbocycles. The van der Waals surface area contributed by atoms with Gasteiger partial charge in [0.05, 0.1) is 32.5 Å². The fourth-order valence-corrected chi connectivity index (χ4v) is 2.07. The molecule has 0 bridgehead atoms. The predicted octanol–water partition coefficient (Wildman–Crippen LogP) is 7.68. The molecule has 6 N–H and O–H groups in total. The smallest absolute Gasteiger partial charge is 0.282 e. The first kappa shape index (κ1) is 46.6. The zero-order valence-corrected chi connectivity index (χ0v) is 31.6. The fraction of sp³-hybridized carbons (Fsp3) is 0.818. The maximum absolute atomic E-state index is 9.66. The van der Waals surface area contributed by atoms with Gasteiger partial charge in [0, 0.05) is 49.4 Å². The van der Waals surface area contributed by atoms with Crippen LogP contribution in [0.25, 0.3) is 0 Å². The molecule has 0 aliphatic carbocycles. The van der Waals surface area contributed by atoms with Crippen LogP contribution in [0.1, 0.15) is 144 Å². The van der Waals surface area contributed by atoms with E-state index in [-0.39, 0.29) is 101 Å². The van der Waals surface area contributed by atoms with E-state index in [2.05, 4.69) is 0 Å². The van der Waals surface area contributed by atoms with Gasteiger partial charge < -0.3 is 0 Å². The molecule has 235 valence electrons. The molecule has 0 saturated carbocycles. The third kappa shape index (κ3) is 22.2. The van der Waals surface area contributed by atoms with Crippen molar-refractivity contribution >= 4 is 34.7 Å². The van der Waals surface area contributed by atoms with E-state index in [1.165, 1.54) is 0 Å². The third-order valence-electron chi connectivity index (χ3n) is 6.20. The Morgan fingerprint density at radius 1 is 0.275 bits per heavy atom. The number of hydrogen-bond donors (Lipinski definition) is 0. The molecule has 0 unspecified atom stereocenters. The van der Waals surface area contributed by atoms with Crippen LogP contribution in [-0.2, 0) is 0 Å². The molecule has 0 aliphatic rings. The minimum Gasteiger partial charge on any atom is -0.282 e. The van der Waals surface area contributed by atoms with E-state index in [0.717, 1.165) is 0 Å². The summed E-state index contributed by atoms with van der Waals surface area (Å²) in [4.78, 5) is 57.9. The SMILES string of the molecule is CC(C)(C)C(=[OH+])CC(=[OH+])C(C)(C)C.CC(C)(C)C(=[OH+])CC(=[OH+])C(C)(C)C.CC(C)(C)C(=[OH+])CC(=[OH+])C(C)(C)C.[Eu]. The molecule has 0 spiro atoms. The Hall–Kier alpha value is -0.396. The second kappa shape index (κ2) is 17.0. The van der Waals surface area contributed by atoms with E-state index in [1.807, 2.05) is 125 Å². The molecule has 40 heavy (non-hydrogen) atoms. The molecule has 0 atom stereocenters. The number of hydrogen-bond acceptors (Lipinski definition) is 0. The van der Waals surface area contributed by atoms with Crippen molar-refractivity contribution in [3.8, 4) is 0 Å². The summed E-state index contributed by atoms with van der Waals surface area (Å²) in [5, 5.41) is 0. The van der Waals surface area contributed by atoms with Crippen LogP contribution in [0.15, 0.2) is 0 Å². The van der Waals surface area contributed by atoms with Crippen molar-refractivity contribution in [2.75, 3.05) is 0 Å². The summed E-state index contributed by atoms with van der Waals surface area (Å²) in [5.74, 6) is 2.00. The molecular formula is C33H66EuO6+6. The standard InChI is InChI=1S/3C11H20O2.Eu/c3*1-10(2,3)8(12)7-9(13)11(4,5)6;/h3*7H2,1-6H3;/p+6. The summed E-state index contributed by atoms with van der Waals surface area (Å²) in [7, 11) is 0. The summed E-state index contributed by atoms with van der Waals surface area (Å²) < 4.78 is 0. The predicted molar refractivity (Wildman–Crippen MR) is 172 cm³/mol. The number of rotatable bonds is 6.